The highest BCUT2D eigenvalue weighted by Gasteiger charge is 2.55. The summed E-state index contributed by atoms with van der Waals surface area (Å²) in [5.41, 5.74) is 6.00. The van der Waals surface area contributed by atoms with Crippen LogP contribution in [-0.4, -0.2) is 19.1 Å². The predicted molar refractivity (Wildman–Crippen MR) is 143 cm³/mol. The van der Waals surface area contributed by atoms with Crippen molar-refractivity contribution in [1.82, 2.24) is 0 Å². The minimum Gasteiger partial charge on any atom is -0.456 e. The molecule has 0 aromatic heterocycles. The van der Waals surface area contributed by atoms with Gasteiger partial charge in [-0.15, -0.1) is 0 Å². The Labute approximate surface area is 211 Å². The number of esters is 1. The van der Waals surface area contributed by atoms with Crippen LogP contribution >= 0.6 is 0 Å². The largest absolute Gasteiger partial charge is 0.456 e. The van der Waals surface area contributed by atoms with Crippen molar-refractivity contribution in [2.75, 3.05) is 23.3 Å². The summed E-state index contributed by atoms with van der Waals surface area (Å²) in [6.45, 7) is 7.93. The standard InChI is InChI=1S/C31H28N2O3/c1-4-33(5-2)29-27-26(19-20(3)28(29)32-21-13-7-6-8-14-21)35-25-18-12-11-17-24(25)31(27)23-16-10-9-15-22(23)30(34)36-31/h6-19,32H,4-5H2,1-3H3. The molecule has 180 valence electrons. The predicted octanol–water partition coefficient (Wildman–Crippen LogP) is 7.15. The van der Waals surface area contributed by atoms with Crippen molar-refractivity contribution in [2.24, 2.45) is 0 Å². The summed E-state index contributed by atoms with van der Waals surface area (Å²) in [6.07, 6.45) is 0. The van der Waals surface area contributed by atoms with Crippen LogP contribution in [0.4, 0.5) is 17.1 Å². The number of aryl methyl sites for hydroxylation is 1. The number of fused-ring (bicyclic) bond motifs is 6. The molecule has 6 rings (SSSR count). The number of nitrogens with zero attached hydrogens (tertiary/aromatic N) is 1. The van der Waals surface area contributed by atoms with Gasteiger partial charge in [0.2, 0.25) is 0 Å². The maximum absolute atomic E-state index is 13.3. The molecule has 5 nitrogen and oxygen atoms in total. The van der Waals surface area contributed by atoms with Crippen molar-refractivity contribution >= 4 is 23.0 Å². The van der Waals surface area contributed by atoms with Gasteiger partial charge in [-0.2, -0.15) is 0 Å². The topological polar surface area (TPSA) is 50.8 Å². The highest BCUT2D eigenvalue weighted by molar-refractivity contribution is 5.98. The number of benzene rings is 4. The minimum atomic E-state index is -1.11. The van der Waals surface area contributed by atoms with E-state index in [1.54, 1.807) is 0 Å². The molecule has 0 fully saturated rings. The number of nitrogens with one attached hydrogen (secondary N) is 1. The Morgan fingerprint density at radius 2 is 1.50 bits per heavy atom. The number of hydrogen-bond donors (Lipinski definition) is 1. The summed E-state index contributed by atoms with van der Waals surface area (Å²) in [5.74, 6) is 1.08. The summed E-state index contributed by atoms with van der Waals surface area (Å²) in [4.78, 5) is 15.6. The van der Waals surface area contributed by atoms with Crippen LogP contribution in [0.3, 0.4) is 0 Å². The molecule has 1 spiro atoms. The molecule has 0 bridgehead atoms. The molecule has 4 aromatic carbocycles. The molecule has 2 aliphatic heterocycles. The van der Waals surface area contributed by atoms with Crippen LogP contribution in [0.25, 0.3) is 0 Å². The van der Waals surface area contributed by atoms with Crippen molar-refractivity contribution in [3.8, 4) is 11.5 Å². The van der Waals surface area contributed by atoms with Gasteiger partial charge in [-0.1, -0.05) is 54.6 Å². The first-order chi connectivity index (χ1) is 17.6. The average molecular weight is 477 g/mol. The smallest absolute Gasteiger partial charge is 0.340 e. The van der Waals surface area contributed by atoms with E-state index in [4.69, 9.17) is 9.47 Å². The number of carbonyl (C=O) groups excluding carboxylic acids is 1. The van der Waals surface area contributed by atoms with Gasteiger partial charge in [-0.05, 0) is 56.7 Å². The molecular formula is C31H28N2O3. The van der Waals surface area contributed by atoms with Gasteiger partial charge in [-0.25, -0.2) is 4.79 Å². The maximum atomic E-state index is 13.3. The number of ether oxygens (including phenoxy) is 2. The van der Waals surface area contributed by atoms with E-state index in [1.807, 2.05) is 66.7 Å². The fraction of sp³-hybridized carbons (Fsp3) is 0.194. The van der Waals surface area contributed by atoms with Crippen LogP contribution < -0.4 is 15.0 Å². The van der Waals surface area contributed by atoms with Gasteiger partial charge in [0, 0.05) is 29.9 Å². The molecule has 4 aromatic rings. The quantitative estimate of drug-likeness (QED) is 0.310. The Morgan fingerprint density at radius 3 is 2.25 bits per heavy atom. The second-order valence-electron chi connectivity index (χ2n) is 9.17. The molecule has 5 heteroatoms. The monoisotopic (exact) mass is 476 g/mol. The Morgan fingerprint density at radius 1 is 0.833 bits per heavy atom. The van der Waals surface area contributed by atoms with Crippen molar-refractivity contribution in [2.45, 2.75) is 26.4 Å². The third-order valence-electron chi connectivity index (χ3n) is 7.20. The summed E-state index contributed by atoms with van der Waals surface area (Å²) < 4.78 is 13.0. The van der Waals surface area contributed by atoms with E-state index in [1.165, 1.54) is 0 Å². The van der Waals surface area contributed by atoms with Gasteiger partial charge in [0.1, 0.15) is 11.5 Å². The number of carbonyl (C=O) groups is 1. The third-order valence-corrected chi connectivity index (χ3v) is 7.20. The third kappa shape index (κ3) is 3.12. The lowest BCUT2D eigenvalue weighted by molar-refractivity contribution is 0.0226. The zero-order chi connectivity index (χ0) is 24.9. The lowest BCUT2D eigenvalue weighted by Gasteiger charge is -2.41. The molecular weight excluding hydrogens is 448 g/mol. The molecule has 1 atom stereocenters. The zero-order valence-electron chi connectivity index (χ0n) is 20.7. The van der Waals surface area contributed by atoms with Crippen LogP contribution in [0.2, 0.25) is 0 Å². The molecule has 0 saturated carbocycles. The van der Waals surface area contributed by atoms with E-state index in [-0.39, 0.29) is 5.97 Å². The lowest BCUT2D eigenvalue weighted by Crippen LogP contribution is -2.36. The Bertz CT molecular complexity index is 1480. The van der Waals surface area contributed by atoms with Crippen LogP contribution in [0.1, 0.15) is 46.5 Å². The Balaban J connectivity index is 1.73. The van der Waals surface area contributed by atoms with E-state index in [0.29, 0.717) is 17.1 Å². The lowest BCUT2D eigenvalue weighted by atomic mass is 9.76. The highest BCUT2D eigenvalue weighted by Crippen LogP contribution is 2.60. The second-order valence-corrected chi connectivity index (χ2v) is 9.17. The van der Waals surface area contributed by atoms with Gasteiger partial charge in [0.25, 0.3) is 0 Å². The van der Waals surface area contributed by atoms with Gasteiger partial charge >= 0.3 is 5.97 Å². The molecule has 0 radical (unpaired) electrons. The van der Waals surface area contributed by atoms with Crippen LogP contribution in [0.5, 0.6) is 11.5 Å². The summed E-state index contributed by atoms with van der Waals surface area (Å²) in [6, 6.07) is 27.8. The molecule has 1 N–H and O–H groups in total. The minimum absolute atomic E-state index is 0.322. The average Bonchev–Trinajstić information content (AvgIpc) is 3.20. The van der Waals surface area contributed by atoms with E-state index in [9.17, 15) is 4.79 Å². The molecule has 1 unspecified atom stereocenters. The summed E-state index contributed by atoms with van der Waals surface area (Å²) in [5, 5.41) is 3.67. The number of hydrogen-bond acceptors (Lipinski definition) is 5. The Kier molecular flexibility index (Phi) is 5.22. The molecule has 36 heavy (non-hydrogen) atoms. The first-order valence-electron chi connectivity index (χ1n) is 12.4. The number of para-hydroxylation sites is 2. The van der Waals surface area contributed by atoms with Crippen LogP contribution in [0, 0.1) is 6.92 Å². The first-order valence-corrected chi connectivity index (χ1v) is 12.4. The fourth-order valence-electron chi connectivity index (χ4n) is 5.57. The van der Waals surface area contributed by atoms with E-state index >= 15 is 0 Å². The SMILES string of the molecule is CCN(CC)c1c(Nc2ccccc2)c(C)cc2c1C1(OC(=O)c3ccccc31)c1ccccc1O2. The summed E-state index contributed by atoms with van der Waals surface area (Å²) in [7, 11) is 0. The molecule has 0 amide bonds. The fourth-order valence-corrected chi connectivity index (χ4v) is 5.57. The van der Waals surface area contributed by atoms with Gasteiger partial charge < -0.3 is 19.7 Å². The summed E-state index contributed by atoms with van der Waals surface area (Å²) >= 11 is 0. The number of anilines is 3. The number of rotatable bonds is 5. The van der Waals surface area contributed by atoms with Gasteiger partial charge in [-0.3, -0.25) is 0 Å². The van der Waals surface area contributed by atoms with Gasteiger partial charge in [0.15, 0.2) is 5.60 Å². The zero-order valence-corrected chi connectivity index (χ0v) is 20.7. The van der Waals surface area contributed by atoms with Crippen molar-refractivity contribution < 1.29 is 14.3 Å². The van der Waals surface area contributed by atoms with Crippen molar-refractivity contribution in [3.05, 3.63) is 113 Å². The van der Waals surface area contributed by atoms with Crippen molar-refractivity contribution in [1.29, 1.82) is 0 Å². The van der Waals surface area contributed by atoms with E-state index in [2.05, 4.69) is 49.2 Å². The molecule has 0 aliphatic carbocycles. The Hall–Kier alpha value is -4.25. The van der Waals surface area contributed by atoms with Crippen molar-refractivity contribution in [3.63, 3.8) is 0 Å². The van der Waals surface area contributed by atoms with Gasteiger partial charge in [0.05, 0.1) is 22.5 Å². The molecule has 2 aliphatic rings. The molecule has 2 heterocycles. The molecule has 0 saturated heterocycles. The first kappa shape index (κ1) is 22.2. The maximum Gasteiger partial charge on any atom is 0.340 e. The second kappa shape index (κ2) is 8.45. The highest BCUT2D eigenvalue weighted by atomic mass is 16.6. The van der Waals surface area contributed by atoms with E-state index in [0.717, 1.165) is 52.4 Å². The van der Waals surface area contributed by atoms with Crippen LogP contribution in [-0.2, 0) is 10.3 Å². The van der Waals surface area contributed by atoms with E-state index < -0.39 is 5.60 Å². The van der Waals surface area contributed by atoms with Crippen LogP contribution in [0.15, 0.2) is 84.9 Å². The normalized spacial score (nSPS) is 17.0.